The number of rotatable bonds is 5. The minimum absolute atomic E-state index is 0.690. The van der Waals surface area contributed by atoms with Crippen LogP contribution < -0.4 is 4.74 Å². The summed E-state index contributed by atoms with van der Waals surface area (Å²) in [4.78, 5) is 4.58. The zero-order chi connectivity index (χ0) is 19.3. The largest absolute Gasteiger partial charge is 0.497 e. The highest BCUT2D eigenvalue weighted by molar-refractivity contribution is 6.30. The number of hydrogen-bond acceptors (Lipinski definition) is 3. The molecule has 0 aliphatic heterocycles. The van der Waals surface area contributed by atoms with Crippen LogP contribution in [0.4, 0.5) is 5.69 Å². The van der Waals surface area contributed by atoms with Gasteiger partial charge in [-0.3, -0.25) is 4.99 Å². The van der Waals surface area contributed by atoms with E-state index >= 15 is 0 Å². The fourth-order valence-electron chi connectivity index (χ4n) is 2.84. The first-order valence-corrected chi connectivity index (χ1v) is 9.20. The van der Waals surface area contributed by atoms with Crippen LogP contribution in [0.15, 0.2) is 90.1 Å². The molecule has 5 heteroatoms. The van der Waals surface area contributed by atoms with E-state index in [1.165, 1.54) is 0 Å². The lowest BCUT2D eigenvalue weighted by Gasteiger charge is -2.02. The summed E-state index contributed by atoms with van der Waals surface area (Å²) in [5.41, 5.74) is 4.59. The minimum atomic E-state index is 0.690. The van der Waals surface area contributed by atoms with E-state index in [4.69, 9.17) is 21.4 Å². The summed E-state index contributed by atoms with van der Waals surface area (Å²) in [6.45, 7) is 0. The molecule has 3 aromatic carbocycles. The van der Waals surface area contributed by atoms with Gasteiger partial charge >= 0.3 is 0 Å². The zero-order valence-corrected chi connectivity index (χ0v) is 16.0. The third kappa shape index (κ3) is 3.97. The van der Waals surface area contributed by atoms with Crippen molar-refractivity contribution < 1.29 is 4.74 Å². The smallest absolute Gasteiger partial charge is 0.118 e. The van der Waals surface area contributed by atoms with Gasteiger partial charge in [0.05, 0.1) is 18.5 Å². The van der Waals surface area contributed by atoms with Crippen LogP contribution in [0, 0.1) is 0 Å². The van der Waals surface area contributed by atoms with Crippen molar-refractivity contribution in [3.05, 3.63) is 95.6 Å². The number of aliphatic imine (C=N–C) groups is 1. The molecule has 0 saturated heterocycles. The monoisotopic (exact) mass is 387 g/mol. The van der Waals surface area contributed by atoms with E-state index in [9.17, 15) is 0 Å². The van der Waals surface area contributed by atoms with Crippen LogP contribution in [0.3, 0.4) is 0 Å². The molecule has 0 saturated carbocycles. The Morgan fingerprint density at radius 1 is 0.929 bits per heavy atom. The van der Waals surface area contributed by atoms with Crippen molar-refractivity contribution in [2.75, 3.05) is 7.11 Å². The molecular formula is C23H18ClN3O. The van der Waals surface area contributed by atoms with Gasteiger partial charge in [0.15, 0.2) is 0 Å². The molecule has 0 amide bonds. The van der Waals surface area contributed by atoms with Gasteiger partial charge in [-0.05, 0) is 60.7 Å². The number of methoxy groups -OCH3 is 1. The maximum Gasteiger partial charge on any atom is 0.118 e. The average Bonchev–Trinajstić information content (AvgIpc) is 3.18. The molecule has 0 spiro atoms. The highest BCUT2D eigenvalue weighted by atomic mass is 35.5. The number of para-hydroxylation sites is 1. The van der Waals surface area contributed by atoms with E-state index in [0.29, 0.717) is 5.02 Å². The van der Waals surface area contributed by atoms with E-state index < -0.39 is 0 Å². The van der Waals surface area contributed by atoms with Gasteiger partial charge in [0, 0.05) is 28.6 Å². The van der Waals surface area contributed by atoms with Crippen LogP contribution in [-0.2, 0) is 0 Å². The molecule has 0 aliphatic carbocycles. The van der Waals surface area contributed by atoms with Crippen LogP contribution in [0.1, 0.15) is 5.56 Å². The van der Waals surface area contributed by atoms with Crippen molar-refractivity contribution >= 4 is 23.5 Å². The average molecular weight is 388 g/mol. The Labute approximate surface area is 168 Å². The Hall–Kier alpha value is -3.37. The molecular weight excluding hydrogens is 370 g/mol. The van der Waals surface area contributed by atoms with Crippen molar-refractivity contribution in [1.29, 1.82) is 0 Å². The van der Waals surface area contributed by atoms with Crippen molar-refractivity contribution in [1.82, 2.24) is 9.78 Å². The normalized spacial score (nSPS) is 11.1. The Morgan fingerprint density at radius 2 is 1.64 bits per heavy atom. The van der Waals surface area contributed by atoms with Gasteiger partial charge < -0.3 is 4.74 Å². The number of aromatic nitrogens is 2. The number of benzene rings is 3. The van der Waals surface area contributed by atoms with Gasteiger partial charge in [-0.25, -0.2) is 4.68 Å². The van der Waals surface area contributed by atoms with E-state index in [0.717, 1.165) is 33.9 Å². The third-order valence-electron chi connectivity index (χ3n) is 4.31. The van der Waals surface area contributed by atoms with E-state index in [1.807, 2.05) is 96.0 Å². The minimum Gasteiger partial charge on any atom is -0.497 e. The van der Waals surface area contributed by atoms with Gasteiger partial charge in [0.25, 0.3) is 0 Å². The fourth-order valence-corrected chi connectivity index (χ4v) is 2.97. The summed E-state index contributed by atoms with van der Waals surface area (Å²) in [5.74, 6) is 0.808. The second-order valence-electron chi connectivity index (χ2n) is 6.18. The summed E-state index contributed by atoms with van der Waals surface area (Å²) in [6, 6.07) is 25.3. The summed E-state index contributed by atoms with van der Waals surface area (Å²) in [6.07, 6.45) is 3.81. The van der Waals surface area contributed by atoms with Crippen LogP contribution in [0.2, 0.25) is 5.02 Å². The molecule has 1 aromatic heterocycles. The maximum absolute atomic E-state index is 5.95. The highest BCUT2D eigenvalue weighted by Gasteiger charge is 2.11. The third-order valence-corrected chi connectivity index (χ3v) is 4.56. The van der Waals surface area contributed by atoms with E-state index in [-0.39, 0.29) is 0 Å². The molecule has 0 radical (unpaired) electrons. The molecule has 1 heterocycles. The molecule has 0 aliphatic rings. The van der Waals surface area contributed by atoms with Crippen molar-refractivity contribution in [3.63, 3.8) is 0 Å². The first-order chi connectivity index (χ1) is 13.7. The lowest BCUT2D eigenvalue weighted by atomic mass is 10.1. The number of hydrogen-bond donors (Lipinski definition) is 0. The molecule has 28 heavy (non-hydrogen) atoms. The topological polar surface area (TPSA) is 39.4 Å². The Kier molecular flexibility index (Phi) is 5.22. The summed E-state index contributed by atoms with van der Waals surface area (Å²) in [7, 11) is 1.66. The van der Waals surface area contributed by atoms with E-state index in [2.05, 4.69) is 4.99 Å². The lowest BCUT2D eigenvalue weighted by molar-refractivity contribution is 0.415. The number of nitrogens with zero attached hydrogens (tertiary/aromatic N) is 3. The molecule has 4 aromatic rings. The summed E-state index contributed by atoms with van der Waals surface area (Å²) in [5, 5.41) is 5.49. The summed E-state index contributed by atoms with van der Waals surface area (Å²) >= 11 is 5.95. The molecule has 0 N–H and O–H groups in total. The van der Waals surface area contributed by atoms with Gasteiger partial charge in [-0.2, -0.15) is 5.10 Å². The Balaban J connectivity index is 1.75. The zero-order valence-electron chi connectivity index (χ0n) is 15.3. The van der Waals surface area contributed by atoms with Crippen molar-refractivity contribution in [3.8, 4) is 22.7 Å². The Morgan fingerprint density at radius 3 is 2.32 bits per heavy atom. The fraction of sp³-hybridized carbons (Fsp3) is 0.0435. The molecule has 0 fully saturated rings. The number of halogens is 1. The lowest BCUT2D eigenvalue weighted by Crippen LogP contribution is -1.94. The highest BCUT2D eigenvalue weighted by Crippen LogP contribution is 2.25. The first-order valence-electron chi connectivity index (χ1n) is 8.82. The predicted molar refractivity (Wildman–Crippen MR) is 114 cm³/mol. The van der Waals surface area contributed by atoms with Crippen LogP contribution in [0.25, 0.3) is 16.9 Å². The van der Waals surface area contributed by atoms with Crippen molar-refractivity contribution in [2.45, 2.75) is 0 Å². The summed E-state index contributed by atoms with van der Waals surface area (Å²) < 4.78 is 7.13. The Bertz CT molecular complexity index is 1090. The molecule has 0 atom stereocenters. The van der Waals surface area contributed by atoms with E-state index in [1.54, 1.807) is 7.11 Å². The van der Waals surface area contributed by atoms with Crippen LogP contribution in [0.5, 0.6) is 5.75 Å². The van der Waals surface area contributed by atoms with Gasteiger partial charge in [-0.15, -0.1) is 0 Å². The van der Waals surface area contributed by atoms with Crippen molar-refractivity contribution in [2.24, 2.45) is 4.99 Å². The molecule has 4 nitrogen and oxygen atoms in total. The standard InChI is InChI=1S/C23H18ClN3O/c1-28-22-13-7-17(8-14-22)23-18(15-25-20-11-9-19(24)10-12-20)16-27(26-23)21-5-3-2-4-6-21/h2-16H,1H3. The molecule has 0 unspecified atom stereocenters. The number of ether oxygens (including phenoxy) is 1. The second-order valence-corrected chi connectivity index (χ2v) is 6.61. The van der Waals surface area contributed by atoms with Crippen LogP contribution >= 0.6 is 11.6 Å². The van der Waals surface area contributed by atoms with Crippen LogP contribution in [-0.4, -0.2) is 23.1 Å². The van der Waals surface area contributed by atoms with Gasteiger partial charge in [0.2, 0.25) is 0 Å². The first kappa shape index (κ1) is 18.0. The predicted octanol–water partition coefficient (Wildman–Crippen LogP) is 5.95. The van der Waals surface area contributed by atoms with Gasteiger partial charge in [-0.1, -0.05) is 29.8 Å². The van der Waals surface area contributed by atoms with Gasteiger partial charge in [0.1, 0.15) is 11.4 Å². The quantitative estimate of drug-likeness (QED) is 0.397. The molecule has 4 rings (SSSR count). The SMILES string of the molecule is COc1ccc(-c2nn(-c3ccccc3)cc2C=Nc2ccc(Cl)cc2)cc1. The molecule has 0 bridgehead atoms. The molecule has 138 valence electrons. The maximum atomic E-state index is 5.95. The second kappa shape index (κ2) is 8.11.